The van der Waals surface area contributed by atoms with Crippen molar-refractivity contribution in [1.82, 2.24) is 4.57 Å². The average molecular weight is 815 g/mol. The quantitative estimate of drug-likeness (QED) is 0.148. The predicted molar refractivity (Wildman–Crippen MR) is 272 cm³/mol. The van der Waals surface area contributed by atoms with E-state index in [-0.39, 0.29) is 0 Å². The number of para-hydroxylation sites is 1. The van der Waals surface area contributed by atoms with Crippen LogP contribution in [0, 0.1) is 0 Å². The molecule has 0 fully saturated rings. The van der Waals surface area contributed by atoms with Gasteiger partial charge in [-0.25, -0.2) is 0 Å². The highest BCUT2D eigenvalue weighted by molar-refractivity contribution is 6.10. The zero-order valence-corrected chi connectivity index (χ0v) is 35.1. The van der Waals surface area contributed by atoms with E-state index in [4.69, 9.17) is 0 Å². The van der Waals surface area contributed by atoms with Crippen molar-refractivity contribution >= 4 is 60.4 Å². The molecule has 12 aromatic rings. The highest BCUT2D eigenvalue weighted by Gasteiger charge is 2.17. The molecule has 12 rings (SSSR count). The van der Waals surface area contributed by atoms with Gasteiger partial charge in [-0.3, -0.25) is 0 Å². The van der Waals surface area contributed by atoms with Gasteiger partial charge < -0.3 is 9.47 Å². The Morgan fingerprint density at radius 1 is 0.250 bits per heavy atom. The summed E-state index contributed by atoms with van der Waals surface area (Å²) >= 11 is 0. The van der Waals surface area contributed by atoms with Crippen LogP contribution in [0.1, 0.15) is 0 Å². The van der Waals surface area contributed by atoms with Gasteiger partial charge in [-0.1, -0.05) is 182 Å². The van der Waals surface area contributed by atoms with Crippen molar-refractivity contribution in [1.29, 1.82) is 0 Å². The maximum atomic E-state index is 2.39. The van der Waals surface area contributed by atoms with Crippen LogP contribution in [0.3, 0.4) is 0 Å². The molecule has 0 N–H and O–H groups in total. The summed E-state index contributed by atoms with van der Waals surface area (Å²) in [6.07, 6.45) is 0. The molecule has 2 nitrogen and oxygen atoms in total. The molecule has 0 aliphatic rings. The van der Waals surface area contributed by atoms with Gasteiger partial charge in [0.15, 0.2) is 0 Å². The van der Waals surface area contributed by atoms with Gasteiger partial charge in [0.05, 0.1) is 11.0 Å². The van der Waals surface area contributed by atoms with Crippen LogP contribution >= 0.6 is 0 Å². The zero-order valence-electron chi connectivity index (χ0n) is 35.1. The molecule has 0 saturated heterocycles. The Morgan fingerprint density at radius 3 is 1.42 bits per heavy atom. The van der Waals surface area contributed by atoms with Crippen LogP contribution in [0.25, 0.3) is 93.5 Å². The van der Waals surface area contributed by atoms with Gasteiger partial charge in [-0.05, 0) is 139 Å². The second-order valence-electron chi connectivity index (χ2n) is 16.6. The van der Waals surface area contributed by atoms with Crippen LogP contribution < -0.4 is 4.90 Å². The number of hydrogen-bond acceptors (Lipinski definition) is 1. The molecule has 0 bridgehead atoms. The first-order valence-electron chi connectivity index (χ1n) is 22.0. The summed E-state index contributed by atoms with van der Waals surface area (Å²) in [4.78, 5) is 2.36. The van der Waals surface area contributed by atoms with E-state index >= 15 is 0 Å². The first kappa shape index (κ1) is 37.3. The van der Waals surface area contributed by atoms with E-state index in [0.717, 1.165) is 22.7 Å². The Kier molecular flexibility index (Phi) is 9.20. The molecule has 1 aromatic heterocycles. The van der Waals surface area contributed by atoms with E-state index in [2.05, 4.69) is 264 Å². The topological polar surface area (TPSA) is 8.17 Å². The second kappa shape index (κ2) is 15.8. The van der Waals surface area contributed by atoms with Gasteiger partial charge in [0.1, 0.15) is 0 Å². The molecular formula is C62H42N2. The van der Waals surface area contributed by atoms with Crippen LogP contribution in [0.5, 0.6) is 0 Å². The summed E-state index contributed by atoms with van der Waals surface area (Å²) in [5.41, 5.74) is 16.5. The summed E-state index contributed by atoms with van der Waals surface area (Å²) in [7, 11) is 0. The first-order valence-corrected chi connectivity index (χ1v) is 22.0. The molecular weight excluding hydrogens is 773 g/mol. The van der Waals surface area contributed by atoms with Crippen LogP contribution in [0.15, 0.2) is 255 Å². The SMILES string of the molecule is c1ccc(-c2ccc(-n3c4ccccc4c4cc(-c5ccc(N(c6ccc(-c7ccc8ccccc8c7)cc6)c6ccc(-c7cccc8ccccc78)cc6)cc5)ccc43)cc2)cc1. The van der Waals surface area contributed by atoms with Crippen molar-refractivity contribution in [3.8, 4) is 50.2 Å². The smallest absolute Gasteiger partial charge is 0.0541 e. The Balaban J connectivity index is 0.908. The molecule has 0 aliphatic heterocycles. The summed E-state index contributed by atoms with van der Waals surface area (Å²) in [5.74, 6) is 0. The highest BCUT2D eigenvalue weighted by atomic mass is 15.1. The molecule has 0 radical (unpaired) electrons. The maximum absolute atomic E-state index is 2.39. The molecule has 300 valence electrons. The number of fused-ring (bicyclic) bond motifs is 5. The summed E-state index contributed by atoms with van der Waals surface area (Å²) in [6, 6.07) is 92.6. The molecule has 11 aromatic carbocycles. The van der Waals surface area contributed by atoms with Crippen LogP contribution in [0.2, 0.25) is 0 Å². The second-order valence-corrected chi connectivity index (χ2v) is 16.6. The zero-order chi connectivity index (χ0) is 42.4. The minimum Gasteiger partial charge on any atom is -0.311 e. The molecule has 0 aliphatic carbocycles. The largest absolute Gasteiger partial charge is 0.311 e. The van der Waals surface area contributed by atoms with Gasteiger partial charge in [0, 0.05) is 33.5 Å². The number of benzene rings is 11. The van der Waals surface area contributed by atoms with Crippen molar-refractivity contribution in [2.75, 3.05) is 4.90 Å². The highest BCUT2D eigenvalue weighted by Crippen LogP contribution is 2.40. The molecule has 1 heterocycles. The van der Waals surface area contributed by atoms with Crippen molar-refractivity contribution in [3.05, 3.63) is 255 Å². The Bertz CT molecular complexity index is 3620. The van der Waals surface area contributed by atoms with E-state index in [0.29, 0.717) is 0 Å². The monoisotopic (exact) mass is 814 g/mol. The Labute approximate surface area is 373 Å². The van der Waals surface area contributed by atoms with Crippen molar-refractivity contribution < 1.29 is 0 Å². The fourth-order valence-corrected chi connectivity index (χ4v) is 9.55. The lowest BCUT2D eigenvalue weighted by atomic mass is 9.98. The van der Waals surface area contributed by atoms with E-state index in [1.165, 1.54) is 87.9 Å². The van der Waals surface area contributed by atoms with E-state index < -0.39 is 0 Å². The molecule has 0 saturated carbocycles. The number of anilines is 3. The number of nitrogens with zero attached hydrogens (tertiary/aromatic N) is 2. The third-order valence-corrected chi connectivity index (χ3v) is 12.8. The summed E-state index contributed by atoms with van der Waals surface area (Å²) in [6.45, 7) is 0. The van der Waals surface area contributed by atoms with Crippen LogP contribution in [0.4, 0.5) is 17.1 Å². The van der Waals surface area contributed by atoms with Gasteiger partial charge >= 0.3 is 0 Å². The number of hydrogen-bond donors (Lipinski definition) is 0. The van der Waals surface area contributed by atoms with Gasteiger partial charge in [-0.15, -0.1) is 0 Å². The summed E-state index contributed by atoms with van der Waals surface area (Å²) < 4.78 is 2.39. The van der Waals surface area contributed by atoms with Crippen LogP contribution in [-0.4, -0.2) is 4.57 Å². The van der Waals surface area contributed by atoms with Crippen molar-refractivity contribution in [3.63, 3.8) is 0 Å². The minimum atomic E-state index is 1.09. The van der Waals surface area contributed by atoms with E-state index in [1.54, 1.807) is 0 Å². The van der Waals surface area contributed by atoms with E-state index in [1.807, 2.05) is 0 Å². The Morgan fingerprint density at radius 2 is 0.719 bits per heavy atom. The standard InChI is InChI=1S/C62H42N2/c1-2-11-43(12-3-1)45-23-36-56(37-24-45)64-61-20-9-8-18-59(61)60-42-52(31-40-62(60)64)47-27-34-54(35-28-47)63(53-32-25-46(26-33-53)51-22-21-44-13-4-5-15-50(44)41-51)55-38-29-49(30-39-55)58-19-10-16-48-14-6-7-17-57(48)58/h1-42H. The third-order valence-electron chi connectivity index (χ3n) is 12.8. The normalized spacial score (nSPS) is 11.4. The molecule has 0 spiro atoms. The van der Waals surface area contributed by atoms with E-state index in [9.17, 15) is 0 Å². The predicted octanol–water partition coefficient (Wildman–Crippen LogP) is 17.2. The lowest BCUT2D eigenvalue weighted by Crippen LogP contribution is -2.09. The molecule has 0 unspecified atom stereocenters. The fourth-order valence-electron chi connectivity index (χ4n) is 9.55. The molecule has 0 atom stereocenters. The van der Waals surface area contributed by atoms with Gasteiger partial charge in [0.2, 0.25) is 0 Å². The third kappa shape index (κ3) is 6.70. The molecule has 0 amide bonds. The lowest BCUT2D eigenvalue weighted by Gasteiger charge is -2.26. The summed E-state index contributed by atoms with van der Waals surface area (Å²) in [5, 5.41) is 7.49. The average Bonchev–Trinajstić information content (AvgIpc) is 3.71. The molecule has 64 heavy (non-hydrogen) atoms. The maximum Gasteiger partial charge on any atom is 0.0541 e. The lowest BCUT2D eigenvalue weighted by molar-refractivity contribution is 1.18. The van der Waals surface area contributed by atoms with Gasteiger partial charge in [0.25, 0.3) is 0 Å². The fraction of sp³-hybridized carbons (Fsp3) is 0. The molecule has 2 heteroatoms. The number of aromatic nitrogens is 1. The van der Waals surface area contributed by atoms with Crippen molar-refractivity contribution in [2.24, 2.45) is 0 Å². The Hall–Kier alpha value is -8.46. The van der Waals surface area contributed by atoms with Crippen molar-refractivity contribution in [2.45, 2.75) is 0 Å². The van der Waals surface area contributed by atoms with Crippen LogP contribution in [-0.2, 0) is 0 Å². The number of rotatable bonds is 8. The minimum absolute atomic E-state index is 1.09. The first-order chi connectivity index (χ1) is 31.7. The van der Waals surface area contributed by atoms with Gasteiger partial charge in [-0.2, -0.15) is 0 Å².